The number of hydrogen-bond donors (Lipinski definition) is 3. The number of nitrogens with one attached hydrogen (secondary N) is 2. The summed E-state index contributed by atoms with van der Waals surface area (Å²) in [6.07, 6.45) is 0.565. The summed E-state index contributed by atoms with van der Waals surface area (Å²) in [5, 5.41) is 5.88. The molecule has 0 aliphatic carbocycles. The van der Waals surface area contributed by atoms with Gasteiger partial charge in [-0.25, -0.2) is 0 Å². The first-order valence-corrected chi connectivity index (χ1v) is 3.48. The molecule has 10 heavy (non-hydrogen) atoms. The standard InChI is InChI=1S/C6H13N3O/c1-4-8-5(3-7)2-6(10)9-4/h4-5,8H,2-3,7H2,1H3,(H,9,10). The Bertz CT molecular complexity index is 137. The Kier molecular flexibility index (Phi) is 2.24. The zero-order valence-electron chi connectivity index (χ0n) is 6.05. The van der Waals surface area contributed by atoms with Gasteiger partial charge in [0.15, 0.2) is 0 Å². The molecule has 1 amide bonds. The van der Waals surface area contributed by atoms with Crippen molar-refractivity contribution in [2.45, 2.75) is 25.6 Å². The lowest BCUT2D eigenvalue weighted by Crippen LogP contribution is -2.56. The second-order valence-corrected chi connectivity index (χ2v) is 2.59. The Morgan fingerprint density at radius 1 is 1.80 bits per heavy atom. The normalized spacial score (nSPS) is 33.6. The predicted molar refractivity (Wildman–Crippen MR) is 38.2 cm³/mol. The van der Waals surface area contributed by atoms with Gasteiger partial charge < -0.3 is 11.1 Å². The molecule has 1 saturated heterocycles. The van der Waals surface area contributed by atoms with E-state index in [1.54, 1.807) is 0 Å². The minimum absolute atomic E-state index is 0.0646. The molecule has 4 N–H and O–H groups in total. The van der Waals surface area contributed by atoms with E-state index in [0.717, 1.165) is 0 Å². The fraction of sp³-hybridized carbons (Fsp3) is 0.833. The molecule has 2 atom stereocenters. The first kappa shape index (κ1) is 7.50. The van der Waals surface area contributed by atoms with Gasteiger partial charge in [-0.1, -0.05) is 0 Å². The van der Waals surface area contributed by atoms with Crippen molar-refractivity contribution < 1.29 is 4.79 Å². The molecule has 0 aromatic heterocycles. The third-order valence-electron chi connectivity index (χ3n) is 1.58. The van der Waals surface area contributed by atoms with E-state index in [1.165, 1.54) is 0 Å². The summed E-state index contributed by atoms with van der Waals surface area (Å²) < 4.78 is 0. The highest BCUT2D eigenvalue weighted by Crippen LogP contribution is 1.97. The van der Waals surface area contributed by atoms with Crippen molar-refractivity contribution >= 4 is 5.91 Å². The van der Waals surface area contributed by atoms with Crippen molar-refractivity contribution in [3.05, 3.63) is 0 Å². The van der Waals surface area contributed by atoms with E-state index in [9.17, 15) is 4.79 Å². The van der Waals surface area contributed by atoms with E-state index in [-0.39, 0.29) is 18.1 Å². The molecule has 2 unspecified atom stereocenters. The van der Waals surface area contributed by atoms with Gasteiger partial charge in [0.2, 0.25) is 5.91 Å². The van der Waals surface area contributed by atoms with Crippen LogP contribution in [0.25, 0.3) is 0 Å². The summed E-state index contributed by atoms with van der Waals surface area (Å²) in [7, 11) is 0. The fourth-order valence-corrected chi connectivity index (χ4v) is 1.13. The van der Waals surface area contributed by atoms with Gasteiger partial charge in [0, 0.05) is 19.0 Å². The second kappa shape index (κ2) is 2.98. The molecular weight excluding hydrogens is 130 g/mol. The summed E-state index contributed by atoms with van der Waals surface area (Å²) in [4.78, 5) is 10.8. The van der Waals surface area contributed by atoms with Crippen LogP contribution in [-0.2, 0) is 4.79 Å². The third-order valence-corrected chi connectivity index (χ3v) is 1.58. The molecule has 0 radical (unpaired) electrons. The van der Waals surface area contributed by atoms with Crippen LogP contribution < -0.4 is 16.4 Å². The molecule has 58 valence electrons. The highest BCUT2D eigenvalue weighted by Gasteiger charge is 2.20. The van der Waals surface area contributed by atoms with Gasteiger partial charge in [-0.2, -0.15) is 0 Å². The monoisotopic (exact) mass is 143 g/mol. The van der Waals surface area contributed by atoms with Gasteiger partial charge >= 0.3 is 0 Å². The summed E-state index contributed by atoms with van der Waals surface area (Å²) in [6, 6.07) is 0.156. The zero-order chi connectivity index (χ0) is 7.56. The maximum Gasteiger partial charge on any atom is 0.222 e. The minimum atomic E-state index is 0.0646. The minimum Gasteiger partial charge on any atom is -0.341 e. The van der Waals surface area contributed by atoms with E-state index in [4.69, 9.17) is 5.73 Å². The van der Waals surface area contributed by atoms with Crippen LogP contribution in [-0.4, -0.2) is 24.7 Å². The van der Waals surface area contributed by atoms with Crippen molar-refractivity contribution in [2.24, 2.45) is 5.73 Å². The third kappa shape index (κ3) is 1.68. The van der Waals surface area contributed by atoms with Crippen LogP contribution in [0.4, 0.5) is 0 Å². The van der Waals surface area contributed by atoms with Gasteiger partial charge in [0.05, 0.1) is 6.17 Å². The lowest BCUT2D eigenvalue weighted by molar-refractivity contribution is -0.124. The van der Waals surface area contributed by atoms with Gasteiger partial charge in [-0.3, -0.25) is 10.1 Å². The number of carbonyl (C=O) groups is 1. The molecule has 1 fully saturated rings. The van der Waals surface area contributed by atoms with E-state index in [0.29, 0.717) is 13.0 Å². The molecule has 0 aromatic carbocycles. The first-order valence-electron chi connectivity index (χ1n) is 3.48. The lowest BCUT2D eigenvalue weighted by Gasteiger charge is -2.28. The van der Waals surface area contributed by atoms with E-state index in [1.807, 2.05) is 6.92 Å². The molecule has 1 heterocycles. The van der Waals surface area contributed by atoms with Crippen molar-refractivity contribution in [1.82, 2.24) is 10.6 Å². The topological polar surface area (TPSA) is 67.2 Å². The number of hydrogen-bond acceptors (Lipinski definition) is 3. The Morgan fingerprint density at radius 2 is 2.50 bits per heavy atom. The van der Waals surface area contributed by atoms with Crippen LogP contribution in [0.5, 0.6) is 0 Å². The quantitative estimate of drug-likeness (QED) is 0.430. The molecule has 0 spiro atoms. The van der Waals surface area contributed by atoms with Crippen molar-refractivity contribution in [3.63, 3.8) is 0 Å². The Morgan fingerprint density at radius 3 is 3.00 bits per heavy atom. The van der Waals surface area contributed by atoms with Crippen LogP contribution in [0.1, 0.15) is 13.3 Å². The average Bonchev–Trinajstić information content (AvgIpc) is 1.85. The molecule has 4 nitrogen and oxygen atoms in total. The van der Waals surface area contributed by atoms with Crippen LogP contribution in [0.15, 0.2) is 0 Å². The molecule has 0 aromatic rings. The number of rotatable bonds is 1. The smallest absolute Gasteiger partial charge is 0.222 e. The first-order chi connectivity index (χ1) is 4.72. The van der Waals surface area contributed by atoms with Gasteiger partial charge in [-0.05, 0) is 6.92 Å². The summed E-state index contributed by atoms with van der Waals surface area (Å²) >= 11 is 0. The highest BCUT2D eigenvalue weighted by molar-refractivity contribution is 5.77. The Labute approximate surface area is 60.2 Å². The molecule has 0 saturated carbocycles. The van der Waals surface area contributed by atoms with Gasteiger partial charge in [0.25, 0.3) is 0 Å². The van der Waals surface area contributed by atoms with Crippen LogP contribution in [0, 0.1) is 0 Å². The molecule has 1 aliphatic rings. The molecule has 4 heteroatoms. The van der Waals surface area contributed by atoms with Crippen molar-refractivity contribution in [1.29, 1.82) is 0 Å². The Balaban J connectivity index is 2.42. The Hall–Kier alpha value is -0.610. The number of carbonyl (C=O) groups excluding carboxylic acids is 1. The largest absolute Gasteiger partial charge is 0.341 e. The second-order valence-electron chi connectivity index (χ2n) is 2.59. The lowest BCUT2D eigenvalue weighted by atomic mass is 10.1. The molecule has 1 rings (SSSR count). The summed E-state index contributed by atoms with van der Waals surface area (Å²) in [5.74, 6) is 0.0849. The maximum absolute atomic E-state index is 10.8. The van der Waals surface area contributed by atoms with E-state index >= 15 is 0 Å². The molecular formula is C6H13N3O. The SMILES string of the molecule is CC1NC(=O)CC(CN)N1. The van der Waals surface area contributed by atoms with Gasteiger partial charge in [0.1, 0.15) is 0 Å². The number of nitrogens with two attached hydrogens (primary N) is 1. The van der Waals surface area contributed by atoms with Crippen LogP contribution in [0.2, 0.25) is 0 Å². The fourth-order valence-electron chi connectivity index (χ4n) is 1.13. The highest BCUT2D eigenvalue weighted by atomic mass is 16.2. The average molecular weight is 143 g/mol. The summed E-state index contributed by atoms with van der Waals surface area (Å²) in [6.45, 7) is 2.43. The number of amides is 1. The van der Waals surface area contributed by atoms with Gasteiger partial charge in [-0.15, -0.1) is 0 Å². The van der Waals surface area contributed by atoms with Crippen molar-refractivity contribution in [3.8, 4) is 0 Å². The molecule has 0 bridgehead atoms. The maximum atomic E-state index is 10.8. The molecule has 1 aliphatic heterocycles. The van der Waals surface area contributed by atoms with E-state index < -0.39 is 0 Å². The zero-order valence-corrected chi connectivity index (χ0v) is 6.05. The van der Waals surface area contributed by atoms with Crippen LogP contribution in [0.3, 0.4) is 0 Å². The van der Waals surface area contributed by atoms with Crippen LogP contribution >= 0.6 is 0 Å². The van der Waals surface area contributed by atoms with Crippen molar-refractivity contribution in [2.75, 3.05) is 6.54 Å². The predicted octanol–water partition coefficient (Wildman–Crippen LogP) is -1.23. The van der Waals surface area contributed by atoms with E-state index in [2.05, 4.69) is 10.6 Å². The summed E-state index contributed by atoms with van der Waals surface area (Å²) in [5.41, 5.74) is 5.39.